The zero-order valence-corrected chi connectivity index (χ0v) is 12.9. The first-order valence-corrected chi connectivity index (χ1v) is 7.25. The molecule has 0 bridgehead atoms. The van der Waals surface area contributed by atoms with Gasteiger partial charge in [0.15, 0.2) is 0 Å². The molecule has 0 fully saturated rings. The molecule has 2 aromatic rings. The fourth-order valence-electron chi connectivity index (χ4n) is 2.23. The number of carbonyl (C=O) groups excluding carboxylic acids is 1. The van der Waals surface area contributed by atoms with Crippen LogP contribution in [0.4, 0.5) is 4.39 Å². The Bertz CT molecular complexity index is 718. The van der Waals surface area contributed by atoms with E-state index in [1.165, 1.54) is 6.07 Å². The standard InChI is InChI=1S/C16H17FN2O4/c1-3-13-11(14(4-2)23-19-13)8-18-15(20)10-6-5-9(16(21)22)7-12(10)17/h5-7H,3-4,8H2,1-2H3,(H,18,20)(H,21,22). The van der Waals surface area contributed by atoms with Crippen LogP contribution in [0.3, 0.4) is 0 Å². The SMILES string of the molecule is CCc1noc(CC)c1CNC(=O)c1ccc(C(=O)O)cc1F. The van der Waals surface area contributed by atoms with Crippen LogP contribution in [0.5, 0.6) is 0 Å². The van der Waals surface area contributed by atoms with Crippen LogP contribution in [-0.2, 0) is 19.4 Å². The number of carbonyl (C=O) groups is 2. The summed E-state index contributed by atoms with van der Waals surface area (Å²) in [7, 11) is 0. The second-order valence-corrected chi connectivity index (χ2v) is 4.92. The lowest BCUT2D eigenvalue weighted by atomic mass is 10.1. The molecule has 2 N–H and O–H groups in total. The van der Waals surface area contributed by atoms with Gasteiger partial charge in [0.05, 0.1) is 16.8 Å². The van der Waals surface area contributed by atoms with E-state index in [0.717, 1.165) is 23.4 Å². The van der Waals surface area contributed by atoms with Crippen LogP contribution < -0.4 is 5.32 Å². The number of aromatic carboxylic acids is 1. The third kappa shape index (κ3) is 3.56. The molecule has 2 rings (SSSR count). The van der Waals surface area contributed by atoms with Gasteiger partial charge in [0.2, 0.25) is 0 Å². The molecule has 0 aliphatic carbocycles. The molecule has 0 radical (unpaired) electrons. The van der Waals surface area contributed by atoms with Crippen molar-refractivity contribution in [3.05, 3.63) is 52.2 Å². The van der Waals surface area contributed by atoms with E-state index >= 15 is 0 Å². The van der Waals surface area contributed by atoms with Crippen LogP contribution in [-0.4, -0.2) is 22.1 Å². The normalized spacial score (nSPS) is 10.6. The molecule has 1 amide bonds. The average molecular weight is 320 g/mol. The highest BCUT2D eigenvalue weighted by molar-refractivity contribution is 5.96. The molecule has 0 aliphatic rings. The van der Waals surface area contributed by atoms with E-state index in [1.54, 1.807) is 0 Å². The first-order valence-electron chi connectivity index (χ1n) is 7.25. The zero-order valence-electron chi connectivity index (χ0n) is 12.9. The number of hydrogen-bond acceptors (Lipinski definition) is 4. The van der Waals surface area contributed by atoms with E-state index in [2.05, 4.69) is 10.5 Å². The number of aromatic nitrogens is 1. The molecule has 23 heavy (non-hydrogen) atoms. The number of rotatable bonds is 6. The fourth-order valence-corrected chi connectivity index (χ4v) is 2.23. The van der Waals surface area contributed by atoms with E-state index < -0.39 is 17.7 Å². The van der Waals surface area contributed by atoms with Gasteiger partial charge in [-0.3, -0.25) is 4.79 Å². The molecule has 6 nitrogen and oxygen atoms in total. The number of hydrogen-bond donors (Lipinski definition) is 2. The van der Waals surface area contributed by atoms with Crippen LogP contribution in [0.15, 0.2) is 22.7 Å². The highest BCUT2D eigenvalue weighted by Gasteiger charge is 2.17. The summed E-state index contributed by atoms with van der Waals surface area (Å²) < 4.78 is 19.1. The summed E-state index contributed by atoms with van der Waals surface area (Å²) >= 11 is 0. The largest absolute Gasteiger partial charge is 0.478 e. The maximum absolute atomic E-state index is 13.9. The van der Waals surface area contributed by atoms with Crippen LogP contribution in [0.1, 0.15) is 51.6 Å². The lowest BCUT2D eigenvalue weighted by molar-refractivity contribution is 0.0695. The van der Waals surface area contributed by atoms with Crippen LogP contribution in [0.25, 0.3) is 0 Å². The molecule has 7 heteroatoms. The predicted molar refractivity (Wildman–Crippen MR) is 79.8 cm³/mol. The van der Waals surface area contributed by atoms with Crippen molar-refractivity contribution in [1.29, 1.82) is 0 Å². The minimum Gasteiger partial charge on any atom is -0.478 e. The molecule has 0 aliphatic heterocycles. The van der Waals surface area contributed by atoms with E-state index in [9.17, 15) is 14.0 Å². The maximum Gasteiger partial charge on any atom is 0.335 e. The quantitative estimate of drug-likeness (QED) is 0.853. The van der Waals surface area contributed by atoms with Crippen molar-refractivity contribution >= 4 is 11.9 Å². The molecule has 0 spiro atoms. The second kappa shape index (κ2) is 7.04. The molecule has 0 unspecified atom stereocenters. The van der Waals surface area contributed by atoms with E-state index in [0.29, 0.717) is 18.6 Å². The van der Waals surface area contributed by atoms with Gasteiger partial charge in [-0.05, 0) is 24.6 Å². The van der Waals surface area contributed by atoms with Gasteiger partial charge in [0.25, 0.3) is 5.91 Å². The highest BCUT2D eigenvalue weighted by Crippen LogP contribution is 2.16. The number of carboxylic acids is 1. The highest BCUT2D eigenvalue weighted by atomic mass is 19.1. The topological polar surface area (TPSA) is 92.4 Å². The Morgan fingerprint density at radius 2 is 2.04 bits per heavy atom. The van der Waals surface area contributed by atoms with E-state index in [4.69, 9.17) is 9.63 Å². The number of halogens is 1. The van der Waals surface area contributed by atoms with Gasteiger partial charge in [-0.1, -0.05) is 19.0 Å². The van der Waals surface area contributed by atoms with Crippen molar-refractivity contribution in [2.75, 3.05) is 0 Å². The van der Waals surface area contributed by atoms with Crippen molar-refractivity contribution in [3.63, 3.8) is 0 Å². The summed E-state index contributed by atoms with van der Waals surface area (Å²) in [4.78, 5) is 22.9. The molecule has 1 aromatic carbocycles. The van der Waals surface area contributed by atoms with Gasteiger partial charge in [0.1, 0.15) is 11.6 Å². The van der Waals surface area contributed by atoms with E-state index in [1.807, 2.05) is 13.8 Å². The van der Waals surface area contributed by atoms with Gasteiger partial charge in [0, 0.05) is 18.5 Å². The third-order valence-electron chi connectivity index (χ3n) is 3.49. The third-order valence-corrected chi connectivity index (χ3v) is 3.49. The first-order chi connectivity index (χ1) is 11.0. The number of benzene rings is 1. The summed E-state index contributed by atoms with van der Waals surface area (Å²) in [6.45, 7) is 4.01. The molecule has 122 valence electrons. The van der Waals surface area contributed by atoms with Crippen molar-refractivity contribution in [1.82, 2.24) is 10.5 Å². The average Bonchev–Trinajstić information content (AvgIpc) is 2.94. The number of nitrogens with one attached hydrogen (secondary N) is 1. The maximum atomic E-state index is 13.9. The minimum absolute atomic E-state index is 0.175. The van der Waals surface area contributed by atoms with Gasteiger partial charge in [-0.25, -0.2) is 9.18 Å². The monoisotopic (exact) mass is 320 g/mol. The number of carboxylic acid groups (broad SMARTS) is 1. The molecular weight excluding hydrogens is 303 g/mol. The molecular formula is C16H17FN2O4. The number of amides is 1. The Morgan fingerprint density at radius 3 is 2.61 bits per heavy atom. The smallest absolute Gasteiger partial charge is 0.335 e. The Labute approximate surface area is 132 Å². The van der Waals surface area contributed by atoms with Gasteiger partial charge in [-0.15, -0.1) is 0 Å². The summed E-state index contributed by atoms with van der Waals surface area (Å²) in [5.74, 6) is -2.06. The molecule has 0 saturated heterocycles. The first kappa shape index (κ1) is 16.7. The van der Waals surface area contributed by atoms with Crippen LogP contribution in [0.2, 0.25) is 0 Å². The molecule has 1 aromatic heterocycles. The predicted octanol–water partition coefficient (Wildman–Crippen LogP) is 2.57. The summed E-state index contributed by atoms with van der Waals surface area (Å²) in [5.41, 5.74) is 1.14. The molecule has 0 atom stereocenters. The van der Waals surface area contributed by atoms with Gasteiger partial charge < -0.3 is 14.9 Å². The van der Waals surface area contributed by atoms with Crippen LogP contribution >= 0.6 is 0 Å². The second-order valence-electron chi connectivity index (χ2n) is 4.92. The summed E-state index contributed by atoms with van der Waals surface area (Å²) in [6.07, 6.45) is 1.30. The van der Waals surface area contributed by atoms with Crippen molar-refractivity contribution < 1.29 is 23.6 Å². The van der Waals surface area contributed by atoms with Crippen molar-refractivity contribution in [3.8, 4) is 0 Å². The van der Waals surface area contributed by atoms with Crippen LogP contribution in [0, 0.1) is 5.82 Å². The van der Waals surface area contributed by atoms with Crippen molar-refractivity contribution in [2.24, 2.45) is 0 Å². The lowest BCUT2D eigenvalue weighted by Gasteiger charge is -2.07. The lowest BCUT2D eigenvalue weighted by Crippen LogP contribution is -2.24. The number of nitrogens with zero attached hydrogens (tertiary/aromatic N) is 1. The fraction of sp³-hybridized carbons (Fsp3) is 0.312. The molecule has 0 saturated carbocycles. The summed E-state index contributed by atoms with van der Waals surface area (Å²) in [6, 6.07) is 3.17. The molecule has 1 heterocycles. The Morgan fingerprint density at radius 1 is 1.30 bits per heavy atom. The van der Waals surface area contributed by atoms with Gasteiger partial charge in [-0.2, -0.15) is 0 Å². The number of aryl methyl sites for hydroxylation is 2. The Kier molecular flexibility index (Phi) is 5.10. The Hall–Kier alpha value is -2.70. The summed E-state index contributed by atoms with van der Waals surface area (Å²) in [5, 5.41) is 15.4. The zero-order chi connectivity index (χ0) is 17.0. The van der Waals surface area contributed by atoms with Gasteiger partial charge >= 0.3 is 5.97 Å². The van der Waals surface area contributed by atoms with Crippen molar-refractivity contribution in [2.45, 2.75) is 33.2 Å². The van der Waals surface area contributed by atoms with E-state index in [-0.39, 0.29) is 17.7 Å². The Balaban J connectivity index is 2.14. The minimum atomic E-state index is -1.25.